The molecule has 0 spiro atoms. The molecule has 2 aromatic carbocycles. The molecule has 1 aliphatic rings. The van der Waals surface area contributed by atoms with Crippen LogP contribution in [-0.4, -0.2) is 34.3 Å². The van der Waals surface area contributed by atoms with E-state index in [1.165, 1.54) is 0 Å². The van der Waals surface area contributed by atoms with E-state index < -0.39 is 6.04 Å². The van der Waals surface area contributed by atoms with E-state index in [0.29, 0.717) is 30.1 Å². The van der Waals surface area contributed by atoms with Crippen LogP contribution in [0.15, 0.2) is 73.1 Å². The third-order valence-electron chi connectivity index (χ3n) is 5.30. The zero-order valence-electron chi connectivity index (χ0n) is 16.4. The van der Waals surface area contributed by atoms with E-state index in [9.17, 15) is 9.59 Å². The second-order valence-electron chi connectivity index (χ2n) is 7.32. The van der Waals surface area contributed by atoms with E-state index in [2.05, 4.69) is 10.3 Å². The molecule has 1 aromatic heterocycles. The van der Waals surface area contributed by atoms with E-state index in [-0.39, 0.29) is 11.8 Å². The minimum Gasteiger partial charge on any atom is -0.350 e. The molecule has 152 valence electrons. The van der Waals surface area contributed by atoms with E-state index >= 15 is 0 Å². The quantitative estimate of drug-likeness (QED) is 0.669. The van der Waals surface area contributed by atoms with Gasteiger partial charge in [-0.2, -0.15) is 0 Å². The van der Waals surface area contributed by atoms with Crippen LogP contribution in [0, 0.1) is 0 Å². The molecule has 6 heteroatoms. The van der Waals surface area contributed by atoms with Gasteiger partial charge in [0.1, 0.15) is 6.04 Å². The van der Waals surface area contributed by atoms with Crippen LogP contribution >= 0.6 is 11.6 Å². The largest absolute Gasteiger partial charge is 0.350 e. The lowest BCUT2D eigenvalue weighted by Crippen LogP contribution is -2.45. The number of halogens is 1. The van der Waals surface area contributed by atoms with Crippen LogP contribution in [0.4, 0.5) is 0 Å². The van der Waals surface area contributed by atoms with Crippen molar-refractivity contribution < 1.29 is 9.59 Å². The Kier molecular flexibility index (Phi) is 6.10. The van der Waals surface area contributed by atoms with E-state index in [0.717, 1.165) is 23.1 Å². The summed E-state index contributed by atoms with van der Waals surface area (Å²) in [4.78, 5) is 31.8. The summed E-state index contributed by atoms with van der Waals surface area (Å²) in [5, 5.41) is 3.61. The van der Waals surface area contributed by atoms with Crippen LogP contribution in [0.5, 0.6) is 0 Å². The van der Waals surface area contributed by atoms with Crippen LogP contribution in [-0.2, 0) is 11.3 Å². The van der Waals surface area contributed by atoms with Gasteiger partial charge in [0, 0.05) is 41.6 Å². The Hall–Kier alpha value is -3.18. The van der Waals surface area contributed by atoms with Gasteiger partial charge in [0.2, 0.25) is 5.91 Å². The lowest BCUT2D eigenvalue weighted by atomic mass is 10.0. The highest BCUT2D eigenvalue weighted by molar-refractivity contribution is 6.30. The maximum absolute atomic E-state index is 13.2. The van der Waals surface area contributed by atoms with Gasteiger partial charge in [-0.05, 0) is 54.3 Å². The number of hydrogen-bond donors (Lipinski definition) is 1. The highest BCUT2D eigenvalue weighted by atomic mass is 35.5. The minimum atomic E-state index is -0.452. The molecule has 1 N–H and O–H groups in total. The van der Waals surface area contributed by atoms with Crippen molar-refractivity contribution in [2.45, 2.75) is 25.4 Å². The van der Waals surface area contributed by atoms with Crippen LogP contribution in [0.3, 0.4) is 0 Å². The summed E-state index contributed by atoms with van der Waals surface area (Å²) in [7, 11) is 0. The SMILES string of the molecule is O=C(NCc1ccc(Cl)cc1)C1CCCN1C(=O)c1cccc(-c2cccnc2)c1. The third-order valence-corrected chi connectivity index (χ3v) is 5.55. The van der Waals surface area contributed by atoms with Gasteiger partial charge in [-0.1, -0.05) is 41.9 Å². The Morgan fingerprint density at radius 1 is 1.07 bits per heavy atom. The van der Waals surface area contributed by atoms with Crippen molar-refractivity contribution in [1.82, 2.24) is 15.2 Å². The predicted octanol–water partition coefficient (Wildman–Crippen LogP) is 4.32. The first-order valence-corrected chi connectivity index (χ1v) is 10.3. The van der Waals surface area contributed by atoms with Crippen LogP contribution in [0.25, 0.3) is 11.1 Å². The fourth-order valence-corrected chi connectivity index (χ4v) is 3.85. The minimum absolute atomic E-state index is 0.120. The van der Waals surface area contributed by atoms with Gasteiger partial charge in [-0.25, -0.2) is 0 Å². The highest BCUT2D eigenvalue weighted by Crippen LogP contribution is 2.24. The molecule has 1 aliphatic heterocycles. The van der Waals surface area contributed by atoms with E-state index in [4.69, 9.17) is 11.6 Å². The van der Waals surface area contributed by atoms with Gasteiger partial charge in [0.05, 0.1) is 0 Å². The van der Waals surface area contributed by atoms with Crippen LogP contribution in [0.2, 0.25) is 5.02 Å². The standard InChI is InChI=1S/C24H22ClN3O2/c25-21-10-8-17(9-11-21)15-27-23(29)22-7-3-13-28(22)24(30)19-5-1-4-18(14-19)20-6-2-12-26-16-20/h1-2,4-6,8-12,14,16,22H,3,7,13,15H2,(H,27,29). The van der Waals surface area contributed by atoms with Crippen LogP contribution in [0.1, 0.15) is 28.8 Å². The number of amides is 2. The van der Waals surface area contributed by atoms with Gasteiger partial charge in [0.15, 0.2) is 0 Å². The molecule has 1 fully saturated rings. The molecule has 1 unspecified atom stereocenters. The molecular weight excluding hydrogens is 398 g/mol. The van der Waals surface area contributed by atoms with E-state index in [1.54, 1.807) is 35.5 Å². The smallest absolute Gasteiger partial charge is 0.254 e. The molecule has 2 heterocycles. The van der Waals surface area contributed by atoms with Crippen molar-refractivity contribution in [2.24, 2.45) is 0 Å². The Labute approximate surface area is 180 Å². The van der Waals surface area contributed by atoms with Gasteiger partial charge in [-0.3, -0.25) is 14.6 Å². The topological polar surface area (TPSA) is 62.3 Å². The molecule has 1 saturated heterocycles. The van der Waals surface area contributed by atoms with Crippen molar-refractivity contribution in [3.63, 3.8) is 0 Å². The first-order chi connectivity index (χ1) is 14.6. The Balaban J connectivity index is 1.45. The Morgan fingerprint density at radius 3 is 2.63 bits per heavy atom. The summed E-state index contributed by atoms with van der Waals surface area (Å²) in [5.41, 5.74) is 3.42. The van der Waals surface area contributed by atoms with Gasteiger partial charge in [-0.15, -0.1) is 0 Å². The molecule has 0 bridgehead atoms. The molecule has 30 heavy (non-hydrogen) atoms. The fourth-order valence-electron chi connectivity index (χ4n) is 3.72. The number of nitrogens with one attached hydrogen (secondary N) is 1. The summed E-state index contributed by atoms with van der Waals surface area (Å²) in [6.45, 7) is 0.986. The zero-order chi connectivity index (χ0) is 20.9. The summed E-state index contributed by atoms with van der Waals surface area (Å²) in [6.07, 6.45) is 4.97. The number of nitrogens with zero attached hydrogens (tertiary/aromatic N) is 2. The second-order valence-corrected chi connectivity index (χ2v) is 7.76. The van der Waals surface area contributed by atoms with Gasteiger partial charge >= 0.3 is 0 Å². The maximum atomic E-state index is 13.2. The van der Waals surface area contributed by atoms with Crippen molar-refractivity contribution in [3.8, 4) is 11.1 Å². The summed E-state index contributed by atoms with van der Waals surface area (Å²) in [5.74, 6) is -0.246. The summed E-state index contributed by atoms with van der Waals surface area (Å²) < 4.78 is 0. The first kappa shape index (κ1) is 20.1. The average molecular weight is 420 g/mol. The van der Waals surface area contributed by atoms with Crippen LogP contribution < -0.4 is 5.32 Å². The zero-order valence-corrected chi connectivity index (χ0v) is 17.2. The second kappa shape index (κ2) is 9.09. The number of benzene rings is 2. The fraction of sp³-hybridized carbons (Fsp3) is 0.208. The Bertz CT molecular complexity index is 1040. The Morgan fingerprint density at radius 2 is 1.87 bits per heavy atom. The average Bonchev–Trinajstić information content (AvgIpc) is 3.29. The number of rotatable bonds is 5. The monoisotopic (exact) mass is 419 g/mol. The lowest BCUT2D eigenvalue weighted by Gasteiger charge is -2.24. The number of carbonyl (C=O) groups is 2. The molecule has 3 aromatic rings. The molecule has 2 amide bonds. The lowest BCUT2D eigenvalue weighted by molar-refractivity contribution is -0.125. The highest BCUT2D eigenvalue weighted by Gasteiger charge is 2.34. The number of aromatic nitrogens is 1. The first-order valence-electron chi connectivity index (χ1n) is 9.95. The number of hydrogen-bond acceptors (Lipinski definition) is 3. The van der Waals surface area contributed by atoms with Crippen molar-refractivity contribution in [2.75, 3.05) is 6.54 Å². The number of likely N-dealkylation sites (tertiary alicyclic amines) is 1. The molecule has 4 rings (SSSR count). The normalized spacial score (nSPS) is 15.8. The number of carbonyl (C=O) groups excluding carboxylic acids is 2. The van der Waals surface area contributed by atoms with E-state index in [1.807, 2.05) is 42.5 Å². The predicted molar refractivity (Wildman–Crippen MR) is 117 cm³/mol. The molecular formula is C24H22ClN3O2. The molecule has 5 nitrogen and oxygen atoms in total. The van der Waals surface area contributed by atoms with Crippen molar-refractivity contribution in [3.05, 3.63) is 89.2 Å². The van der Waals surface area contributed by atoms with Gasteiger partial charge in [0.25, 0.3) is 5.91 Å². The molecule has 0 radical (unpaired) electrons. The van der Waals surface area contributed by atoms with Crippen molar-refractivity contribution >= 4 is 23.4 Å². The van der Waals surface area contributed by atoms with Gasteiger partial charge < -0.3 is 10.2 Å². The molecule has 1 atom stereocenters. The maximum Gasteiger partial charge on any atom is 0.254 e. The summed E-state index contributed by atoms with van der Waals surface area (Å²) >= 11 is 5.91. The molecule has 0 saturated carbocycles. The summed E-state index contributed by atoms with van der Waals surface area (Å²) in [6, 6.07) is 18.2. The van der Waals surface area contributed by atoms with Crippen molar-refractivity contribution in [1.29, 1.82) is 0 Å². The molecule has 0 aliphatic carbocycles. The third kappa shape index (κ3) is 4.52. The number of pyridine rings is 1.